The number of rotatable bonds is 9. The van der Waals surface area contributed by atoms with Crippen molar-refractivity contribution >= 4 is 11.9 Å². The Balaban J connectivity index is 3.73. The number of hydrogen-bond acceptors (Lipinski definition) is 4. The molecule has 0 bridgehead atoms. The first-order chi connectivity index (χ1) is 7.07. The molecule has 0 radical (unpaired) electrons. The van der Waals surface area contributed by atoms with E-state index in [-0.39, 0.29) is 12.8 Å². The van der Waals surface area contributed by atoms with Crippen molar-refractivity contribution in [2.75, 3.05) is 20.3 Å². The number of carboxylic acid groups (broad SMARTS) is 1. The molecule has 6 heteroatoms. The third-order valence-corrected chi connectivity index (χ3v) is 1.89. The molecule has 0 saturated heterocycles. The van der Waals surface area contributed by atoms with Crippen LogP contribution in [0.2, 0.25) is 0 Å². The van der Waals surface area contributed by atoms with Crippen LogP contribution in [0.5, 0.6) is 0 Å². The normalized spacial score (nSPS) is 12.3. The minimum absolute atomic E-state index is 0.0776. The van der Waals surface area contributed by atoms with Crippen LogP contribution in [-0.4, -0.2) is 43.3 Å². The van der Waals surface area contributed by atoms with Gasteiger partial charge in [0, 0.05) is 20.1 Å². The second-order valence-corrected chi connectivity index (χ2v) is 3.20. The van der Waals surface area contributed by atoms with E-state index in [1.54, 1.807) is 7.11 Å². The van der Waals surface area contributed by atoms with Gasteiger partial charge in [0.05, 0.1) is 0 Å². The number of amides is 1. The van der Waals surface area contributed by atoms with Gasteiger partial charge in [-0.1, -0.05) is 0 Å². The SMILES string of the molecule is COCCCNC(CCC(N)=O)C(=O)O. The number of carbonyl (C=O) groups excluding carboxylic acids is 1. The molecule has 0 aromatic carbocycles. The van der Waals surface area contributed by atoms with Crippen LogP contribution in [0.3, 0.4) is 0 Å². The molecule has 1 unspecified atom stereocenters. The maximum Gasteiger partial charge on any atom is 0.320 e. The van der Waals surface area contributed by atoms with E-state index in [1.165, 1.54) is 0 Å². The van der Waals surface area contributed by atoms with Gasteiger partial charge in [-0.3, -0.25) is 9.59 Å². The second-order valence-electron chi connectivity index (χ2n) is 3.20. The van der Waals surface area contributed by atoms with E-state index in [9.17, 15) is 9.59 Å². The molecule has 0 rings (SSSR count). The van der Waals surface area contributed by atoms with Crippen LogP contribution in [0.25, 0.3) is 0 Å². The van der Waals surface area contributed by atoms with Crippen molar-refractivity contribution in [3.63, 3.8) is 0 Å². The zero-order valence-corrected chi connectivity index (χ0v) is 8.86. The van der Waals surface area contributed by atoms with Crippen LogP contribution in [0.15, 0.2) is 0 Å². The largest absolute Gasteiger partial charge is 0.480 e. The highest BCUT2D eigenvalue weighted by Gasteiger charge is 2.16. The lowest BCUT2D eigenvalue weighted by molar-refractivity contribution is -0.139. The van der Waals surface area contributed by atoms with Crippen molar-refractivity contribution in [3.05, 3.63) is 0 Å². The Hall–Kier alpha value is -1.14. The second kappa shape index (κ2) is 8.19. The molecule has 0 aliphatic rings. The standard InChI is InChI=1S/C9H18N2O4/c1-15-6-2-5-11-7(9(13)14)3-4-8(10)12/h7,11H,2-6H2,1H3,(H2,10,12)(H,13,14). The van der Waals surface area contributed by atoms with Gasteiger partial charge in [0.15, 0.2) is 0 Å². The van der Waals surface area contributed by atoms with Crippen LogP contribution < -0.4 is 11.1 Å². The molecule has 1 amide bonds. The Morgan fingerprint density at radius 1 is 1.53 bits per heavy atom. The fourth-order valence-electron chi connectivity index (χ4n) is 1.09. The lowest BCUT2D eigenvalue weighted by Crippen LogP contribution is -2.38. The molecule has 0 fully saturated rings. The predicted octanol–water partition coefficient (Wildman–Crippen LogP) is -0.669. The van der Waals surface area contributed by atoms with Crippen LogP contribution in [0, 0.1) is 0 Å². The van der Waals surface area contributed by atoms with E-state index in [2.05, 4.69) is 5.32 Å². The molecule has 0 aromatic heterocycles. The average molecular weight is 218 g/mol. The number of primary amides is 1. The van der Waals surface area contributed by atoms with Gasteiger partial charge >= 0.3 is 5.97 Å². The van der Waals surface area contributed by atoms with Gasteiger partial charge in [0.1, 0.15) is 6.04 Å². The fourth-order valence-corrected chi connectivity index (χ4v) is 1.09. The number of carboxylic acids is 1. The van der Waals surface area contributed by atoms with Gasteiger partial charge in [-0.2, -0.15) is 0 Å². The van der Waals surface area contributed by atoms with Crippen molar-refractivity contribution in [2.45, 2.75) is 25.3 Å². The summed E-state index contributed by atoms with van der Waals surface area (Å²) in [6, 6.07) is -0.714. The number of methoxy groups -OCH3 is 1. The Labute approximate surface area is 88.8 Å². The summed E-state index contributed by atoms with van der Waals surface area (Å²) in [5.41, 5.74) is 4.94. The summed E-state index contributed by atoms with van der Waals surface area (Å²) in [6.07, 6.45) is 1.03. The number of aliphatic carboxylic acids is 1. The van der Waals surface area contributed by atoms with Crippen molar-refractivity contribution < 1.29 is 19.4 Å². The van der Waals surface area contributed by atoms with E-state index >= 15 is 0 Å². The molecule has 15 heavy (non-hydrogen) atoms. The third kappa shape index (κ3) is 7.90. The smallest absolute Gasteiger partial charge is 0.320 e. The Bertz CT molecular complexity index is 208. The van der Waals surface area contributed by atoms with Gasteiger partial charge in [0.25, 0.3) is 0 Å². The first-order valence-corrected chi connectivity index (χ1v) is 4.81. The highest BCUT2D eigenvalue weighted by atomic mass is 16.5. The molecule has 0 aromatic rings. The van der Waals surface area contributed by atoms with Gasteiger partial charge in [0.2, 0.25) is 5.91 Å². The minimum Gasteiger partial charge on any atom is -0.480 e. The average Bonchev–Trinajstić information content (AvgIpc) is 2.15. The predicted molar refractivity (Wildman–Crippen MR) is 54.3 cm³/mol. The minimum atomic E-state index is -0.964. The maximum atomic E-state index is 10.7. The Morgan fingerprint density at radius 2 is 2.20 bits per heavy atom. The lowest BCUT2D eigenvalue weighted by atomic mass is 10.1. The van der Waals surface area contributed by atoms with Crippen molar-refractivity contribution in [2.24, 2.45) is 5.73 Å². The van der Waals surface area contributed by atoms with Gasteiger partial charge in [-0.15, -0.1) is 0 Å². The summed E-state index contributed by atoms with van der Waals surface area (Å²) in [4.78, 5) is 21.2. The maximum absolute atomic E-state index is 10.7. The van der Waals surface area contributed by atoms with Gasteiger partial charge < -0.3 is 20.9 Å². The molecule has 0 heterocycles. The monoisotopic (exact) mass is 218 g/mol. The van der Waals surface area contributed by atoms with E-state index in [0.717, 1.165) is 6.42 Å². The van der Waals surface area contributed by atoms with Gasteiger partial charge in [-0.05, 0) is 19.4 Å². The molecule has 88 valence electrons. The van der Waals surface area contributed by atoms with Crippen molar-refractivity contribution in [1.82, 2.24) is 5.32 Å². The topological polar surface area (TPSA) is 102 Å². The molecule has 6 nitrogen and oxygen atoms in total. The zero-order valence-electron chi connectivity index (χ0n) is 8.86. The molecular formula is C9H18N2O4. The number of nitrogens with one attached hydrogen (secondary N) is 1. The van der Waals surface area contributed by atoms with Gasteiger partial charge in [-0.25, -0.2) is 0 Å². The Kier molecular flexibility index (Phi) is 7.57. The summed E-state index contributed by atoms with van der Waals surface area (Å²) in [5.74, 6) is -1.45. The lowest BCUT2D eigenvalue weighted by Gasteiger charge is -2.13. The highest BCUT2D eigenvalue weighted by molar-refractivity contribution is 5.77. The quantitative estimate of drug-likeness (QED) is 0.445. The Morgan fingerprint density at radius 3 is 2.67 bits per heavy atom. The summed E-state index contributed by atoms with van der Waals surface area (Å²) < 4.78 is 4.82. The number of ether oxygens (including phenoxy) is 1. The number of carbonyl (C=O) groups is 2. The first-order valence-electron chi connectivity index (χ1n) is 4.81. The summed E-state index contributed by atoms with van der Waals surface area (Å²) in [7, 11) is 1.59. The van der Waals surface area contributed by atoms with E-state index in [1.807, 2.05) is 0 Å². The molecule has 4 N–H and O–H groups in total. The van der Waals surface area contributed by atoms with E-state index < -0.39 is 17.9 Å². The highest BCUT2D eigenvalue weighted by Crippen LogP contribution is 1.97. The van der Waals surface area contributed by atoms with Crippen LogP contribution in [-0.2, 0) is 14.3 Å². The molecule has 0 spiro atoms. The summed E-state index contributed by atoms with van der Waals surface area (Å²) in [5, 5.41) is 11.6. The summed E-state index contributed by atoms with van der Waals surface area (Å²) >= 11 is 0. The van der Waals surface area contributed by atoms with Crippen molar-refractivity contribution in [3.8, 4) is 0 Å². The fraction of sp³-hybridized carbons (Fsp3) is 0.778. The van der Waals surface area contributed by atoms with Crippen LogP contribution in [0.4, 0.5) is 0 Å². The van der Waals surface area contributed by atoms with E-state index in [0.29, 0.717) is 13.2 Å². The number of hydrogen-bond donors (Lipinski definition) is 3. The van der Waals surface area contributed by atoms with Crippen LogP contribution >= 0.6 is 0 Å². The third-order valence-electron chi connectivity index (χ3n) is 1.89. The molecule has 1 atom stereocenters. The number of nitrogens with two attached hydrogens (primary N) is 1. The van der Waals surface area contributed by atoms with Crippen LogP contribution in [0.1, 0.15) is 19.3 Å². The first kappa shape index (κ1) is 13.9. The van der Waals surface area contributed by atoms with Crippen molar-refractivity contribution in [1.29, 1.82) is 0 Å². The molecule has 0 saturated carbocycles. The molecule has 0 aliphatic heterocycles. The zero-order chi connectivity index (χ0) is 11.7. The summed E-state index contributed by atoms with van der Waals surface area (Å²) in [6.45, 7) is 1.12. The molecular weight excluding hydrogens is 200 g/mol. The van der Waals surface area contributed by atoms with E-state index in [4.69, 9.17) is 15.6 Å². The molecule has 0 aliphatic carbocycles.